The highest BCUT2D eigenvalue weighted by Crippen LogP contribution is 2.28. The number of hydrogen-bond acceptors (Lipinski definition) is 6. The van der Waals surface area contributed by atoms with Crippen molar-refractivity contribution >= 4 is 23.7 Å². The number of nitrogens with one attached hydrogen (secondary N) is 3. The van der Waals surface area contributed by atoms with Crippen molar-refractivity contribution in [1.29, 1.82) is 0 Å². The van der Waals surface area contributed by atoms with Gasteiger partial charge in [0.2, 0.25) is 18.0 Å². The van der Waals surface area contributed by atoms with Crippen molar-refractivity contribution in [2.24, 2.45) is 11.7 Å². The normalized spacial score (nSPS) is 20.4. The first kappa shape index (κ1) is 29.1. The lowest BCUT2D eigenvalue weighted by Crippen LogP contribution is -2.72. The molecule has 0 unspecified atom stereocenters. The van der Waals surface area contributed by atoms with Gasteiger partial charge in [-0.15, -0.1) is 0 Å². The quantitative estimate of drug-likeness (QED) is 0.239. The molecule has 214 valence electrons. The SMILES string of the molecule is N[C@@H](Cc1ccc(O[C@H]2NC(=O)[C@H]2NC(=O)[C@H](CC2CCCCC2)NC(=O)CCc2ccccc2)cc1)C(=O)O. The van der Waals surface area contributed by atoms with Crippen LogP contribution in [0.4, 0.5) is 0 Å². The van der Waals surface area contributed by atoms with Gasteiger partial charge in [-0.05, 0) is 48.4 Å². The van der Waals surface area contributed by atoms with E-state index in [2.05, 4.69) is 16.0 Å². The Morgan fingerprint density at radius 2 is 1.70 bits per heavy atom. The molecule has 40 heavy (non-hydrogen) atoms. The summed E-state index contributed by atoms with van der Waals surface area (Å²) in [6.45, 7) is 0. The Balaban J connectivity index is 1.34. The number of carboxylic acid groups (broad SMARTS) is 1. The molecule has 2 aliphatic rings. The van der Waals surface area contributed by atoms with Crippen molar-refractivity contribution in [1.82, 2.24) is 16.0 Å². The van der Waals surface area contributed by atoms with Gasteiger partial charge in [0, 0.05) is 6.42 Å². The summed E-state index contributed by atoms with van der Waals surface area (Å²) in [7, 11) is 0. The number of ether oxygens (including phenoxy) is 1. The standard InChI is InChI=1S/C30H38N4O6/c31-23(30(38)39)17-21-11-14-22(15-12-21)40-29-26(28(37)34-29)33-27(36)24(18-20-9-5-2-6-10-20)32-25(35)16-13-19-7-3-1-4-8-19/h1,3-4,7-8,11-12,14-15,20,23-24,26,29H,2,5-6,9-10,13,16-18,31H2,(H,32,35)(H,33,36)(H,34,37)(H,38,39)/t23-,24-,26+,29+/m0/s1. The van der Waals surface area contributed by atoms with E-state index in [0.717, 1.165) is 36.8 Å². The Kier molecular flexibility index (Phi) is 10.1. The van der Waals surface area contributed by atoms with Gasteiger partial charge in [0.05, 0.1) is 0 Å². The van der Waals surface area contributed by atoms with Gasteiger partial charge >= 0.3 is 5.97 Å². The smallest absolute Gasteiger partial charge is 0.320 e. The summed E-state index contributed by atoms with van der Waals surface area (Å²) in [5.74, 6) is -1.25. The second kappa shape index (κ2) is 13.9. The number of amides is 3. The first-order chi connectivity index (χ1) is 19.3. The molecule has 2 fully saturated rings. The molecule has 1 heterocycles. The zero-order chi connectivity index (χ0) is 28.5. The van der Waals surface area contributed by atoms with E-state index in [1.165, 1.54) is 6.42 Å². The molecule has 2 aromatic carbocycles. The maximum atomic E-state index is 13.4. The fourth-order valence-electron chi connectivity index (χ4n) is 5.20. The van der Waals surface area contributed by atoms with Crippen LogP contribution in [-0.4, -0.2) is 53.2 Å². The highest BCUT2D eigenvalue weighted by molar-refractivity contribution is 5.95. The number of carbonyl (C=O) groups is 4. The van der Waals surface area contributed by atoms with Crippen LogP contribution >= 0.6 is 0 Å². The minimum absolute atomic E-state index is 0.175. The topological polar surface area (TPSA) is 160 Å². The number of aliphatic carboxylic acids is 1. The maximum absolute atomic E-state index is 13.4. The summed E-state index contributed by atoms with van der Waals surface area (Å²) >= 11 is 0. The number of benzene rings is 2. The second-order valence-electron chi connectivity index (χ2n) is 10.7. The Morgan fingerprint density at radius 1 is 1.00 bits per heavy atom. The number of rotatable bonds is 13. The van der Waals surface area contributed by atoms with Gasteiger partial charge in [0.25, 0.3) is 5.91 Å². The molecule has 6 N–H and O–H groups in total. The Hall–Kier alpha value is -3.92. The molecule has 4 atom stereocenters. The lowest BCUT2D eigenvalue weighted by atomic mass is 9.84. The van der Waals surface area contributed by atoms with E-state index >= 15 is 0 Å². The molecule has 0 spiro atoms. The van der Waals surface area contributed by atoms with Crippen molar-refractivity contribution in [3.8, 4) is 5.75 Å². The highest BCUT2D eigenvalue weighted by atomic mass is 16.5. The van der Waals surface area contributed by atoms with E-state index in [4.69, 9.17) is 15.6 Å². The van der Waals surface area contributed by atoms with Crippen LogP contribution in [0.3, 0.4) is 0 Å². The van der Waals surface area contributed by atoms with Crippen LogP contribution in [0, 0.1) is 5.92 Å². The van der Waals surface area contributed by atoms with Gasteiger partial charge in [-0.3, -0.25) is 19.2 Å². The van der Waals surface area contributed by atoms with Crippen molar-refractivity contribution in [3.05, 3.63) is 65.7 Å². The predicted molar refractivity (Wildman–Crippen MR) is 148 cm³/mol. The molecule has 1 aliphatic carbocycles. The summed E-state index contributed by atoms with van der Waals surface area (Å²) in [6, 6.07) is 13.8. The van der Waals surface area contributed by atoms with E-state index < -0.39 is 36.2 Å². The van der Waals surface area contributed by atoms with E-state index in [1.807, 2.05) is 30.3 Å². The summed E-state index contributed by atoms with van der Waals surface area (Å²) in [4.78, 5) is 49.5. The molecule has 10 heteroatoms. The van der Waals surface area contributed by atoms with Gasteiger partial charge in [-0.1, -0.05) is 74.6 Å². The van der Waals surface area contributed by atoms with Crippen LogP contribution in [0.15, 0.2) is 54.6 Å². The van der Waals surface area contributed by atoms with Gasteiger partial charge in [-0.2, -0.15) is 0 Å². The second-order valence-corrected chi connectivity index (χ2v) is 10.7. The summed E-state index contributed by atoms with van der Waals surface area (Å²) in [6.07, 6.45) is 6.23. The minimum Gasteiger partial charge on any atom is -0.480 e. The van der Waals surface area contributed by atoms with Gasteiger partial charge in [0.1, 0.15) is 17.8 Å². The van der Waals surface area contributed by atoms with Crippen molar-refractivity contribution in [3.63, 3.8) is 0 Å². The zero-order valence-electron chi connectivity index (χ0n) is 22.5. The van der Waals surface area contributed by atoms with Crippen molar-refractivity contribution in [2.75, 3.05) is 0 Å². The monoisotopic (exact) mass is 550 g/mol. The van der Waals surface area contributed by atoms with E-state index in [0.29, 0.717) is 24.5 Å². The average molecular weight is 551 g/mol. The number of β-lactam (4-membered cyclic amide) rings is 1. The van der Waals surface area contributed by atoms with Crippen LogP contribution in [0.1, 0.15) is 56.1 Å². The molecule has 0 aromatic heterocycles. The van der Waals surface area contributed by atoms with Gasteiger partial charge in [0.15, 0.2) is 6.04 Å². The van der Waals surface area contributed by atoms with Crippen molar-refractivity contribution in [2.45, 2.75) is 82.1 Å². The number of hydrogen-bond donors (Lipinski definition) is 5. The number of carbonyl (C=O) groups excluding carboxylic acids is 3. The summed E-state index contributed by atoms with van der Waals surface area (Å²) in [5, 5.41) is 17.3. The third-order valence-corrected chi connectivity index (χ3v) is 7.56. The average Bonchev–Trinajstić information content (AvgIpc) is 2.96. The molecular formula is C30H38N4O6. The predicted octanol–water partition coefficient (Wildman–Crippen LogP) is 2.05. The molecule has 0 bridgehead atoms. The molecule has 1 aliphatic heterocycles. The van der Waals surface area contributed by atoms with Crippen LogP contribution in [0.2, 0.25) is 0 Å². The maximum Gasteiger partial charge on any atom is 0.320 e. The lowest BCUT2D eigenvalue weighted by molar-refractivity contribution is -0.144. The molecule has 0 radical (unpaired) electrons. The minimum atomic E-state index is -1.08. The molecule has 1 saturated carbocycles. The molecule has 10 nitrogen and oxygen atoms in total. The molecule has 1 saturated heterocycles. The Morgan fingerprint density at radius 3 is 2.35 bits per heavy atom. The molecule has 4 rings (SSSR count). The number of nitrogens with two attached hydrogens (primary N) is 1. The van der Waals surface area contributed by atoms with Crippen molar-refractivity contribution < 1.29 is 29.0 Å². The molecular weight excluding hydrogens is 512 g/mol. The first-order valence-corrected chi connectivity index (χ1v) is 14.0. The van der Waals surface area contributed by atoms with Crippen LogP contribution in [-0.2, 0) is 32.0 Å². The van der Waals surface area contributed by atoms with E-state index in [9.17, 15) is 19.2 Å². The Bertz CT molecular complexity index is 1170. The lowest BCUT2D eigenvalue weighted by Gasteiger charge is -2.37. The van der Waals surface area contributed by atoms with E-state index in [-0.39, 0.29) is 24.7 Å². The van der Waals surface area contributed by atoms with Gasteiger partial charge in [-0.25, -0.2) is 0 Å². The largest absolute Gasteiger partial charge is 0.480 e. The van der Waals surface area contributed by atoms with Crippen LogP contribution in [0.25, 0.3) is 0 Å². The first-order valence-electron chi connectivity index (χ1n) is 14.0. The number of carboxylic acids is 1. The summed E-state index contributed by atoms with van der Waals surface area (Å²) < 4.78 is 5.86. The third kappa shape index (κ3) is 8.29. The summed E-state index contributed by atoms with van der Waals surface area (Å²) in [5.41, 5.74) is 7.38. The highest BCUT2D eigenvalue weighted by Gasteiger charge is 2.43. The van der Waals surface area contributed by atoms with Crippen LogP contribution in [0.5, 0.6) is 5.75 Å². The molecule has 2 aromatic rings. The molecule has 3 amide bonds. The van der Waals surface area contributed by atoms with Crippen LogP contribution < -0.4 is 26.4 Å². The van der Waals surface area contributed by atoms with E-state index in [1.54, 1.807) is 24.3 Å². The third-order valence-electron chi connectivity index (χ3n) is 7.56. The number of aryl methyl sites for hydroxylation is 1. The van der Waals surface area contributed by atoms with Gasteiger partial charge < -0.3 is 31.5 Å². The Labute approximate surface area is 234 Å². The fraction of sp³-hybridized carbons (Fsp3) is 0.467. The fourth-order valence-corrected chi connectivity index (χ4v) is 5.20. The zero-order valence-corrected chi connectivity index (χ0v) is 22.5.